The molecule has 3 rings (SSSR count). The molecule has 150 valence electrons. The molecule has 3 amide bonds. The minimum Gasteiger partial charge on any atom is -0.456 e. The minimum absolute atomic E-state index is 0.0898. The van der Waals surface area contributed by atoms with Crippen LogP contribution in [0.25, 0.3) is 0 Å². The summed E-state index contributed by atoms with van der Waals surface area (Å²) < 4.78 is 18.3. The van der Waals surface area contributed by atoms with E-state index in [4.69, 9.17) is 4.74 Å². The van der Waals surface area contributed by atoms with E-state index >= 15 is 0 Å². The van der Waals surface area contributed by atoms with Crippen LogP contribution in [0.3, 0.4) is 0 Å². The van der Waals surface area contributed by atoms with Crippen molar-refractivity contribution in [3.05, 3.63) is 65.0 Å². The molecule has 0 saturated carbocycles. The predicted octanol–water partition coefficient (Wildman–Crippen LogP) is 2.23. The van der Waals surface area contributed by atoms with Gasteiger partial charge < -0.3 is 10.1 Å². The van der Waals surface area contributed by atoms with Crippen molar-refractivity contribution in [1.82, 2.24) is 4.90 Å². The Labute approximate surface area is 166 Å². The van der Waals surface area contributed by atoms with Gasteiger partial charge in [0.05, 0.1) is 12.8 Å². The molecule has 8 heteroatoms. The normalized spacial score (nSPS) is 13.1. The number of nitrogens with one attached hydrogen (secondary N) is 1. The number of ether oxygens (including phenoxy) is 1. The number of hydrogen-bond donors (Lipinski definition) is 1. The first-order chi connectivity index (χ1) is 13.8. The molecule has 0 spiro atoms. The second-order valence-electron chi connectivity index (χ2n) is 6.61. The van der Waals surface area contributed by atoms with E-state index in [1.165, 1.54) is 18.2 Å². The Hall–Kier alpha value is -3.55. The largest absolute Gasteiger partial charge is 0.456 e. The minimum atomic E-state index is -0.727. The number of amides is 3. The van der Waals surface area contributed by atoms with Crippen molar-refractivity contribution < 1.29 is 28.3 Å². The third-order valence-electron chi connectivity index (χ3n) is 4.50. The number of rotatable bonds is 6. The molecule has 0 unspecified atom stereocenters. The molecule has 2 aromatic carbocycles. The standard InChI is InChI=1S/C21H19FN2O5/c1-13-6-7-15(11-17(13)22)23-18(25)12-29-20(27)8-9-24-19(26)10-14-4-2-3-5-16(14)21(24)28/h2-7,11H,8-10,12H2,1H3,(H,23,25). The van der Waals surface area contributed by atoms with Crippen LogP contribution in [0.5, 0.6) is 0 Å². The molecule has 0 radical (unpaired) electrons. The van der Waals surface area contributed by atoms with Gasteiger partial charge in [-0.25, -0.2) is 4.39 Å². The first kappa shape index (κ1) is 20.2. The zero-order valence-corrected chi connectivity index (χ0v) is 15.7. The number of carbonyl (C=O) groups is 4. The van der Waals surface area contributed by atoms with Gasteiger partial charge in [0.15, 0.2) is 6.61 Å². The van der Waals surface area contributed by atoms with Gasteiger partial charge in [-0.05, 0) is 36.2 Å². The van der Waals surface area contributed by atoms with Crippen LogP contribution in [-0.2, 0) is 25.5 Å². The van der Waals surface area contributed by atoms with Crippen LogP contribution < -0.4 is 5.32 Å². The molecule has 29 heavy (non-hydrogen) atoms. The highest BCUT2D eigenvalue weighted by molar-refractivity contribution is 6.09. The molecule has 0 saturated heterocycles. The van der Waals surface area contributed by atoms with Gasteiger partial charge in [0.25, 0.3) is 11.8 Å². The van der Waals surface area contributed by atoms with E-state index in [9.17, 15) is 23.6 Å². The molecule has 0 atom stereocenters. The maximum absolute atomic E-state index is 13.5. The number of hydrogen-bond acceptors (Lipinski definition) is 5. The molecule has 2 aromatic rings. The van der Waals surface area contributed by atoms with Crippen molar-refractivity contribution in [3.63, 3.8) is 0 Å². The highest BCUT2D eigenvalue weighted by Gasteiger charge is 2.30. The topological polar surface area (TPSA) is 92.8 Å². The van der Waals surface area contributed by atoms with E-state index in [1.807, 2.05) is 0 Å². The number of fused-ring (bicyclic) bond motifs is 1. The summed E-state index contributed by atoms with van der Waals surface area (Å²) in [5.74, 6) is -2.66. The van der Waals surface area contributed by atoms with Crippen LogP contribution >= 0.6 is 0 Å². The Morgan fingerprint density at radius 2 is 1.93 bits per heavy atom. The summed E-state index contributed by atoms with van der Waals surface area (Å²) in [6.45, 7) is 0.911. The summed E-state index contributed by atoms with van der Waals surface area (Å²) in [6.07, 6.45) is -0.140. The number of anilines is 1. The van der Waals surface area contributed by atoms with Crippen LogP contribution in [0.1, 0.15) is 27.9 Å². The smallest absolute Gasteiger partial charge is 0.308 e. The van der Waals surface area contributed by atoms with Crippen molar-refractivity contribution in [2.24, 2.45) is 0 Å². The summed E-state index contributed by atoms with van der Waals surface area (Å²) in [5, 5.41) is 2.42. The van der Waals surface area contributed by atoms with Crippen LogP contribution in [0.2, 0.25) is 0 Å². The molecule has 0 aromatic heterocycles. The number of imide groups is 1. The molecule has 7 nitrogen and oxygen atoms in total. The van der Waals surface area contributed by atoms with E-state index in [-0.39, 0.29) is 31.0 Å². The molecule has 1 heterocycles. The Morgan fingerprint density at radius 1 is 1.17 bits per heavy atom. The van der Waals surface area contributed by atoms with Gasteiger partial charge in [-0.3, -0.25) is 24.1 Å². The van der Waals surface area contributed by atoms with E-state index in [2.05, 4.69) is 5.32 Å². The summed E-state index contributed by atoms with van der Waals surface area (Å²) in [5.41, 5.74) is 1.78. The number of aryl methyl sites for hydroxylation is 1. The van der Waals surface area contributed by atoms with E-state index in [0.29, 0.717) is 16.7 Å². The fraction of sp³-hybridized carbons (Fsp3) is 0.238. The van der Waals surface area contributed by atoms with E-state index < -0.39 is 30.2 Å². The number of nitrogens with zero attached hydrogens (tertiary/aromatic N) is 1. The first-order valence-electron chi connectivity index (χ1n) is 8.99. The van der Waals surface area contributed by atoms with Crippen LogP contribution in [0.4, 0.5) is 10.1 Å². The second-order valence-corrected chi connectivity index (χ2v) is 6.61. The summed E-state index contributed by atoms with van der Waals surface area (Å²) in [4.78, 5) is 49.3. The van der Waals surface area contributed by atoms with Gasteiger partial charge in [-0.1, -0.05) is 24.3 Å². The quantitative estimate of drug-likeness (QED) is 0.595. The van der Waals surface area contributed by atoms with Gasteiger partial charge >= 0.3 is 5.97 Å². The van der Waals surface area contributed by atoms with Gasteiger partial charge in [0.2, 0.25) is 5.91 Å². The third-order valence-corrected chi connectivity index (χ3v) is 4.50. The lowest BCUT2D eigenvalue weighted by atomic mass is 9.98. The molecular formula is C21H19FN2O5. The van der Waals surface area contributed by atoms with E-state index in [0.717, 1.165) is 4.90 Å². The van der Waals surface area contributed by atoms with Crippen LogP contribution in [0, 0.1) is 12.7 Å². The molecule has 1 aliphatic rings. The lowest BCUT2D eigenvalue weighted by molar-refractivity contribution is -0.147. The summed E-state index contributed by atoms with van der Waals surface area (Å²) in [7, 11) is 0. The van der Waals surface area contributed by atoms with Crippen molar-refractivity contribution in [2.45, 2.75) is 19.8 Å². The Bertz CT molecular complexity index is 989. The predicted molar refractivity (Wildman–Crippen MR) is 102 cm³/mol. The fourth-order valence-electron chi connectivity index (χ4n) is 2.92. The number of esters is 1. The van der Waals surface area contributed by atoms with Crippen molar-refractivity contribution in [1.29, 1.82) is 0 Å². The Balaban J connectivity index is 1.47. The van der Waals surface area contributed by atoms with Crippen molar-refractivity contribution >= 4 is 29.4 Å². The number of benzene rings is 2. The van der Waals surface area contributed by atoms with Crippen LogP contribution in [0.15, 0.2) is 42.5 Å². The highest BCUT2D eigenvalue weighted by Crippen LogP contribution is 2.19. The highest BCUT2D eigenvalue weighted by atomic mass is 19.1. The molecule has 0 aliphatic carbocycles. The van der Waals surface area contributed by atoms with Gasteiger partial charge in [-0.15, -0.1) is 0 Å². The molecule has 0 fully saturated rings. The van der Waals surface area contributed by atoms with Crippen molar-refractivity contribution in [2.75, 3.05) is 18.5 Å². The van der Waals surface area contributed by atoms with Crippen molar-refractivity contribution in [3.8, 4) is 0 Å². The zero-order valence-electron chi connectivity index (χ0n) is 15.7. The van der Waals surface area contributed by atoms with Gasteiger partial charge in [-0.2, -0.15) is 0 Å². The van der Waals surface area contributed by atoms with Gasteiger partial charge in [0.1, 0.15) is 5.82 Å². The maximum Gasteiger partial charge on any atom is 0.308 e. The molecule has 1 aliphatic heterocycles. The molecule has 1 N–H and O–H groups in total. The first-order valence-corrected chi connectivity index (χ1v) is 8.99. The average molecular weight is 398 g/mol. The third kappa shape index (κ3) is 4.84. The maximum atomic E-state index is 13.5. The SMILES string of the molecule is Cc1ccc(NC(=O)COC(=O)CCN2C(=O)Cc3ccccc3C2=O)cc1F. The van der Waals surface area contributed by atoms with Crippen LogP contribution in [-0.4, -0.2) is 41.7 Å². The Morgan fingerprint density at radius 3 is 2.69 bits per heavy atom. The van der Waals surface area contributed by atoms with E-state index in [1.54, 1.807) is 31.2 Å². The second kappa shape index (κ2) is 8.64. The van der Waals surface area contributed by atoms with Gasteiger partial charge in [0, 0.05) is 17.8 Å². The monoisotopic (exact) mass is 398 g/mol. The fourth-order valence-corrected chi connectivity index (χ4v) is 2.92. The summed E-state index contributed by atoms with van der Waals surface area (Å²) >= 11 is 0. The molecular weight excluding hydrogens is 379 g/mol. The number of halogens is 1. The lowest BCUT2D eigenvalue weighted by Gasteiger charge is -2.26. The Kier molecular flexibility index (Phi) is 6.01. The number of carbonyl (C=O) groups excluding carboxylic acids is 4. The molecule has 0 bridgehead atoms. The average Bonchev–Trinajstić information content (AvgIpc) is 2.69. The summed E-state index contributed by atoms with van der Waals surface area (Å²) in [6, 6.07) is 11.0. The lowest BCUT2D eigenvalue weighted by Crippen LogP contribution is -2.43. The zero-order chi connectivity index (χ0) is 21.0.